The SMILES string of the molecule is C[C@H]1C[C@@]2(O)N3CCC[C@@H]4C(=O)C[C@H]([C@H]1O)[C@@]42CCC3. The topological polar surface area (TPSA) is 60.8 Å². The number of hydrogen-bond donors (Lipinski definition) is 2. The number of ketones is 1. The highest BCUT2D eigenvalue weighted by Gasteiger charge is 2.72. The number of nitrogens with zero attached hydrogens (tertiary/aromatic N) is 1. The molecule has 1 unspecified atom stereocenters. The summed E-state index contributed by atoms with van der Waals surface area (Å²) in [5, 5.41) is 22.2. The fraction of sp³-hybridized carbons (Fsp3) is 0.938. The van der Waals surface area contributed by atoms with Crippen LogP contribution in [0.3, 0.4) is 0 Å². The molecule has 2 aliphatic carbocycles. The zero-order valence-corrected chi connectivity index (χ0v) is 12.2. The Kier molecular flexibility index (Phi) is 2.68. The minimum absolute atomic E-state index is 0.0232. The monoisotopic (exact) mass is 279 g/mol. The van der Waals surface area contributed by atoms with Crippen LogP contribution in [-0.2, 0) is 4.79 Å². The van der Waals surface area contributed by atoms with Crippen molar-refractivity contribution in [1.29, 1.82) is 0 Å². The fourth-order valence-corrected chi connectivity index (χ4v) is 6.18. The second-order valence-corrected chi connectivity index (χ2v) is 7.59. The number of hydrogen-bond acceptors (Lipinski definition) is 4. The summed E-state index contributed by atoms with van der Waals surface area (Å²) in [5.41, 5.74) is -1.23. The van der Waals surface area contributed by atoms with Gasteiger partial charge in [0.15, 0.2) is 0 Å². The number of rotatable bonds is 0. The highest BCUT2D eigenvalue weighted by Crippen LogP contribution is 2.66. The van der Waals surface area contributed by atoms with Crippen molar-refractivity contribution in [3.8, 4) is 0 Å². The van der Waals surface area contributed by atoms with E-state index in [0.717, 1.165) is 38.8 Å². The summed E-state index contributed by atoms with van der Waals surface area (Å²) in [7, 11) is 0. The number of aliphatic hydroxyl groups excluding tert-OH is 1. The lowest BCUT2D eigenvalue weighted by Crippen LogP contribution is -2.70. The van der Waals surface area contributed by atoms with Gasteiger partial charge in [-0.1, -0.05) is 6.92 Å². The second-order valence-electron chi connectivity index (χ2n) is 7.59. The first kappa shape index (κ1) is 13.2. The molecule has 4 rings (SSSR count). The van der Waals surface area contributed by atoms with E-state index in [9.17, 15) is 15.0 Å². The Bertz CT molecular complexity index is 453. The maximum Gasteiger partial charge on any atom is 0.137 e. The summed E-state index contributed by atoms with van der Waals surface area (Å²) in [5.74, 6) is 0.313. The molecule has 2 aliphatic heterocycles. The predicted octanol–water partition coefficient (Wildman–Crippen LogP) is 1.16. The van der Waals surface area contributed by atoms with E-state index in [1.165, 1.54) is 0 Å². The fourth-order valence-electron chi connectivity index (χ4n) is 6.18. The summed E-state index contributed by atoms with van der Waals surface area (Å²) in [6, 6.07) is 0. The molecule has 2 heterocycles. The van der Waals surface area contributed by atoms with Gasteiger partial charge in [0.25, 0.3) is 0 Å². The molecule has 112 valence electrons. The molecule has 2 bridgehead atoms. The molecule has 0 aromatic heterocycles. The lowest BCUT2D eigenvalue weighted by molar-refractivity contribution is -0.283. The predicted molar refractivity (Wildman–Crippen MR) is 73.8 cm³/mol. The molecular weight excluding hydrogens is 254 g/mol. The summed E-state index contributed by atoms with van der Waals surface area (Å²) < 4.78 is 0. The van der Waals surface area contributed by atoms with Gasteiger partial charge in [0.2, 0.25) is 0 Å². The van der Waals surface area contributed by atoms with Gasteiger partial charge in [-0.05, 0) is 38.0 Å². The van der Waals surface area contributed by atoms with E-state index in [-0.39, 0.29) is 23.2 Å². The Morgan fingerprint density at radius 2 is 2.05 bits per heavy atom. The lowest BCUT2D eigenvalue weighted by atomic mass is 9.52. The largest absolute Gasteiger partial charge is 0.393 e. The maximum absolute atomic E-state index is 12.6. The first-order chi connectivity index (χ1) is 9.50. The Morgan fingerprint density at radius 1 is 1.30 bits per heavy atom. The number of carbonyl (C=O) groups is 1. The summed E-state index contributed by atoms with van der Waals surface area (Å²) >= 11 is 0. The van der Waals surface area contributed by atoms with E-state index in [1.54, 1.807) is 0 Å². The Morgan fingerprint density at radius 3 is 2.85 bits per heavy atom. The molecule has 20 heavy (non-hydrogen) atoms. The molecule has 4 nitrogen and oxygen atoms in total. The molecule has 0 aromatic carbocycles. The van der Waals surface area contributed by atoms with Crippen molar-refractivity contribution in [1.82, 2.24) is 4.90 Å². The van der Waals surface area contributed by atoms with Gasteiger partial charge in [-0.15, -0.1) is 0 Å². The number of aliphatic hydroxyl groups is 2. The van der Waals surface area contributed by atoms with Crippen molar-refractivity contribution in [3.63, 3.8) is 0 Å². The average Bonchev–Trinajstić information content (AvgIpc) is 2.67. The van der Waals surface area contributed by atoms with Crippen LogP contribution in [-0.4, -0.2) is 45.8 Å². The van der Waals surface area contributed by atoms with E-state index in [4.69, 9.17) is 0 Å². The zero-order chi connectivity index (χ0) is 14.1. The average molecular weight is 279 g/mol. The zero-order valence-electron chi connectivity index (χ0n) is 12.2. The third-order valence-electron chi connectivity index (χ3n) is 6.90. The number of piperidine rings is 1. The first-order valence-corrected chi connectivity index (χ1v) is 8.19. The van der Waals surface area contributed by atoms with Crippen LogP contribution in [0.4, 0.5) is 0 Å². The molecule has 0 amide bonds. The van der Waals surface area contributed by atoms with Crippen LogP contribution in [0.15, 0.2) is 0 Å². The van der Waals surface area contributed by atoms with E-state index < -0.39 is 11.8 Å². The summed E-state index contributed by atoms with van der Waals surface area (Å²) in [4.78, 5) is 14.8. The van der Waals surface area contributed by atoms with Gasteiger partial charge in [-0.3, -0.25) is 9.69 Å². The molecule has 0 radical (unpaired) electrons. The van der Waals surface area contributed by atoms with E-state index >= 15 is 0 Å². The molecule has 1 spiro atoms. The molecule has 4 heteroatoms. The van der Waals surface area contributed by atoms with Crippen molar-refractivity contribution in [2.45, 2.75) is 57.3 Å². The van der Waals surface area contributed by atoms with Crippen LogP contribution in [0.5, 0.6) is 0 Å². The van der Waals surface area contributed by atoms with Crippen LogP contribution >= 0.6 is 0 Å². The second kappa shape index (κ2) is 4.05. The van der Waals surface area contributed by atoms with Crippen molar-refractivity contribution < 1.29 is 15.0 Å². The van der Waals surface area contributed by atoms with E-state index in [1.807, 2.05) is 6.92 Å². The normalized spacial score (nSPS) is 58.1. The van der Waals surface area contributed by atoms with Crippen molar-refractivity contribution in [3.05, 3.63) is 0 Å². The quantitative estimate of drug-likeness (QED) is 0.698. The Balaban J connectivity index is 1.91. The third-order valence-corrected chi connectivity index (χ3v) is 6.90. The van der Waals surface area contributed by atoms with Crippen molar-refractivity contribution in [2.75, 3.05) is 13.1 Å². The van der Waals surface area contributed by atoms with Crippen molar-refractivity contribution >= 4 is 5.78 Å². The molecule has 2 N–H and O–H groups in total. The highest BCUT2D eigenvalue weighted by atomic mass is 16.3. The van der Waals surface area contributed by atoms with Crippen LogP contribution in [0.2, 0.25) is 0 Å². The van der Waals surface area contributed by atoms with Crippen LogP contribution < -0.4 is 0 Å². The van der Waals surface area contributed by atoms with Gasteiger partial charge in [-0.2, -0.15) is 0 Å². The van der Waals surface area contributed by atoms with Gasteiger partial charge >= 0.3 is 0 Å². The van der Waals surface area contributed by atoms with Gasteiger partial charge < -0.3 is 10.2 Å². The molecule has 2 saturated heterocycles. The van der Waals surface area contributed by atoms with Crippen LogP contribution in [0.25, 0.3) is 0 Å². The van der Waals surface area contributed by atoms with Crippen LogP contribution in [0, 0.1) is 23.2 Å². The first-order valence-electron chi connectivity index (χ1n) is 8.19. The third kappa shape index (κ3) is 1.31. The van der Waals surface area contributed by atoms with Gasteiger partial charge in [-0.25, -0.2) is 0 Å². The molecule has 2 saturated carbocycles. The molecule has 7 atom stereocenters. The van der Waals surface area contributed by atoms with E-state index in [2.05, 4.69) is 4.90 Å². The maximum atomic E-state index is 12.6. The van der Waals surface area contributed by atoms with Gasteiger partial charge in [0.05, 0.1) is 6.10 Å². The van der Waals surface area contributed by atoms with Crippen molar-refractivity contribution in [2.24, 2.45) is 23.2 Å². The minimum atomic E-state index is -0.859. The summed E-state index contributed by atoms with van der Waals surface area (Å²) in [6.45, 7) is 3.86. The molecule has 0 aromatic rings. The summed E-state index contributed by atoms with van der Waals surface area (Å²) in [6.07, 6.45) is 4.52. The number of Topliss-reactive ketones (excluding diaryl/α,β-unsaturated/α-hetero) is 1. The lowest BCUT2D eigenvalue weighted by Gasteiger charge is -2.62. The Hall–Kier alpha value is -0.450. The van der Waals surface area contributed by atoms with Gasteiger partial charge in [0.1, 0.15) is 11.5 Å². The van der Waals surface area contributed by atoms with E-state index in [0.29, 0.717) is 18.6 Å². The minimum Gasteiger partial charge on any atom is -0.393 e. The molecular formula is C16H25NO3. The molecule has 4 aliphatic rings. The highest BCUT2D eigenvalue weighted by molar-refractivity contribution is 5.85. The Labute approximate surface area is 120 Å². The number of carbonyl (C=O) groups excluding carboxylic acids is 1. The van der Waals surface area contributed by atoms with Crippen LogP contribution in [0.1, 0.15) is 45.4 Å². The smallest absolute Gasteiger partial charge is 0.137 e. The molecule has 4 fully saturated rings. The van der Waals surface area contributed by atoms with Gasteiger partial charge in [0, 0.05) is 36.8 Å². The standard InChI is InChI=1S/C16H25NO3/c1-10-9-16(20)15-5-3-7-17(16)6-2-4-11(15)13(18)8-12(15)14(10)19/h10-12,14,19-20H,2-9H2,1H3/t10-,11+,12+,14-,15+,16-/m0/s1.